The van der Waals surface area contributed by atoms with Gasteiger partial charge in [0.2, 0.25) is 0 Å². The summed E-state index contributed by atoms with van der Waals surface area (Å²) < 4.78 is 0. The molecule has 1 aliphatic rings. The van der Waals surface area contributed by atoms with Crippen molar-refractivity contribution in [2.24, 2.45) is 0 Å². The van der Waals surface area contributed by atoms with Crippen LogP contribution in [0.1, 0.15) is 25.0 Å². The summed E-state index contributed by atoms with van der Waals surface area (Å²) >= 11 is 0. The van der Waals surface area contributed by atoms with Crippen molar-refractivity contribution in [2.45, 2.75) is 19.3 Å². The van der Waals surface area contributed by atoms with E-state index in [-0.39, 0.29) is 5.41 Å². The molecule has 0 spiro atoms. The minimum Gasteiger partial charge on any atom is -0.228 e. The Balaban J connectivity index is 1.05. The van der Waals surface area contributed by atoms with Crippen LogP contribution in [0.15, 0.2) is 194 Å². The maximum absolute atomic E-state index is 5.34. The lowest BCUT2D eigenvalue weighted by molar-refractivity contribution is 0.660. The van der Waals surface area contributed by atoms with Crippen LogP contribution in [0.2, 0.25) is 0 Å². The molecule has 0 saturated carbocycles. The predicted octanol–water partition coefficient (Wildman–Crippen LogP) is 14.6. The molecule has 0 fully saturated rings. The zero-order valence-electron chi connectivity index (χ0n) is 31.9. The van der Waals surface area contributed by atoms with Gasteiger partial charge in [-0.25, -0.2) is 9.97 Å². The minimum atomic E-state index is -0.0409. The van der Waals surface area contributed by atoms with E-state index in [0.717, 1.165) is 33.6 Å². The summed E-state index contributed by atoms with van der Waals surface area (Å²) in [7, 11) is 0. The van der Waals surface area contributed by atoms with Crippen LogP contribution < -0.4 is 0 Å². The van der Waals surface area contributed by atoms with Gasteiger partial charge in [0.15, 0.2) is 5.82 Å². The first kappa shape index (κ1) is 33.2. The number of fused-ring (bicyclic) bond motifs is 7. The van der Waals surface area contributed by atoms with Crippen molar-refractivity contribution in [1.29, 1.82) is 0 Å². The van der Waals surface area contributed by atoms with Crippen molar-refractivity contribution in [3.63, 3.8) is 0 Å². The van der Waals surface area contributed by atoms with Crippen LogP contribution in [-0.2, 0) is 5.41 Å². The highest BCUT2D eigenvalue weighted by Gasteiger charge is 2.35. The zero-order valence-corrected chi connectivity index (χ0v) is 31.9. The topological polar surface area (TPSA) is 25.8 Å². The van der Waals surface area contributed by atoms with Gasteiger partial charge in [0, 0.05) is 22.1 Å². The monoisotopic (exact) mass is 726 g/mol. The summed E-state index contributed by atoms with van der Waals surface area (Å²) in [5, 5.41) is 7.52. The summed E-state index contributed by atoms with van der Waals surface area (Å²) in [6.45, 7) is 4.66. The van der Waals surface area contributed by atoms with Gasteiger partial charge < -0.3 is 0 Å². The number of rotatable bonds is 5. The van der Waals surface area contributed by atoms with E-state index < -0.39 is 0 Å². The molecular weight excluding hydrogens is 689 g/mol. The predicted molar refractivity (Wildman–Crippen MR) is 239 cm³/mol. The fourth-order valence-corrected chi connectivity index (χ4v) is 9.23. The van der Waals surface area contributed by atoms with Gasteiger partial charge in [-0.3, -0.25) is 0 Å². The molecule has 0 unspecified atom stereocenters. The quantitative estimate of drug-likeness (QED) is 0.130. The first-order chi connectivity index (χ1) is 28.0. The number of hydrogen-bond acceptors (Lipinski definition) is 2. The second kappa shape index (κ2) is 13.0. The lowest BCUT2D eigenvalue weighted by Gasteiger charge is -2.21. The van der Waals surface area contributed by atoms with Crippen molar-refractivity contribution < 1.29 is 0 Å². The van der Waals surface area contributed by atoms with E-state index in [1.54, 1.807) is 0 Å². The second-order valence-electron chi connectivity index (χ2n) is 15.7. The Hall–Kier alpha value is -7.16. The lowest BCUT2D eigenvalue weighted by atomic mass is 9.82. The summed E-state index contributed by atoms with van der Waals surface area (Å²) in [6, 6.07) is 70.2. The molecule has 1 aromatic heterocycles. The smallest absolute Gasteiger partial charge is 0.160 e. The summed E-state index contributed by atoms with van der Waals surface area (Å²) in [5.74, 6) is 0.700. The van der Waals surface area contributed by atoms with Crippen LogP contribution in [0.4, 0.5) is 0 Å². The van der Waals surface area contributed by atoms with E-state index in [0.29, 0.717) is 5.82 Å². The number of nitrogens with zero attached hydrogens (tertiary/aromatic N) is 2. The minimum absolute atomic E-state index is 0.0409. The van der Waals surface area contributed by atoms with E-state index in [4.69, 9.17) is 9.97 Å². The fraction of sp³-hybridized carbons (Fsp3) is 0.0545. The van der Waals surface area contributed by atoms with Gasteiger partial charge >= 0.3 is 0 Å². The van der Waals surface area contributed by atoms with Crippen LogP contribution in [0.3, 0.4) is 0 Å². The molecule has 0 saturated heterocycles. The van der Waals surface area contributed by atoms with E-state index in [1.165, 1.54) is 71.3 Å². The maximum Gasteiger partial charge on any atom is 0.160 e. The van der Waals surface area contributed by atoms with Crippen molar-refractivity contribution in [1.82, 2.24) is 9.97 Å². The molecule has 11 rings (SSSR count). The molecule has 268 valence electrons. The van der Waals surface area contributed by atoms with E-state index in [2.05, 4.69) is 202 Å². The van der Waals surface area contributed by atoms with Crippen LogP contribution in [0, 0.1) is 0 Å². The van der Waals surface area contributed by atoms with Gasteiger partial charge in [0.1, 0.15) is 0 Å². The Bertz CT molecular complexity index is 3190. The maximum atomic E-state index is 5.34. The SMILES string of the molecule is CC1(C)c2ccccc2-c2cc(-c3ccccc3-c3cc(-c4ccccc4)nc(-c4ccc(-c5c6ccccc6cc6c5ccc5ccccc56)cc4)n3)ccc21. The molecule has 1 heterocycles. The van der Waals surface area contributed by atoms with Gasteiger partial charge in [-0.1, -0.05) is 190 Å². The average molecular weight is 727 g/mol. The van der Waals surface area contributed by atoms with E-state index in [9.17, 15) is 0 Å². The Morgan fingerprint density at radius 2 is 0.947 bits per heavy atom. The third-order valence-electron chi connectivity index (χ3n) is 12.1. The lowest BCUT2D eigenvalue weighted by Crippen LogP contribution is -2.14. The number of benzene rings is 9. The van der Waals surface area contributed by atoms with Gasteiger partial charge in [-0.15, -0.1) is 0 Å². The normalized spacial score (nSPS) is 12.9. The van der Waals surface area contributed by atoms with Crippen LogP contribution in [-0.4, -0.2) is 9.97 Å². The molecule has 57 heavy (non-hydrogen) atoms. The van der Waals surface area contributed by atoms with Gasteiger partial charge in [0.05, 0.1) is 11.4 Å². The average Bonchev–Trinajstić information content (AvgIpc) is 3.51. The third kappa shape index (κ3) is 5.40. The summed E-state index contributed by atoms with van der Waals surface area (Å²) in [4.78, 5) is 10.6. The molecule has 2 heteroatoms. The van der Waals surface area contributed by atoms with Crippen LogP contribution >= 0.6 is 0 Å². The molecule has 9 aromatic carbocycles. The van der Waals surface area contributed by atoms with Crippen molar-refractivity contribution in [3.05, 3.63) is 205 Å². The van der Waals surface area contributed by atoms with Crippen molar-refractivity contribution in [3.8, 4) is 67.3 Å². The van der Waals surface area contributed by atoms with Crippen molar-refractivity contribution in [2.75, 3.05) is 0 Å². The highest BCUT2D eigenvalue weighted by Crippen LogP contribution is 2.50. The molecule has 0 atom stereocenters. The standard InChI is InChI=1S/C55H38N2/c1-55(2)49-23-13-12-21-44(49)48-33-40(29-31-50(48)55)42-19-10-11-22-45(42)52-34-51(36-15-4-3-5-16-36)56-54(57-52)38-26-24-37(25-27-38)53-43-20-9-7-17-39(43)32-47-41-18-8-6-14-35(41)28-30-46(47)53/h3-34H,1-2H3. The molecule has 0 amide bonds. The highest BCUT2D eigenvalue weighted by molar-refractivity contribution is 6.20. The number of aromatic nitrogens is 2. The van der Waals surface area contributed by atoms with Crippen LogP contribution in [0.5, 0.6) is 0 Å². The Morgan fingerprint density at radius 1 is 0.333 bits per heavy atom. The van der Waals surface area contributed by atoms with Crippen molar-refractivity contribution >= 4 is 32.3 Å². The second-order valence-corrected chi connectivity index (χ2v) is 15.7. The number of hydrogen-bond donors (Lipinski definition) is 0. The molecule has 1 aliphatic carbocycles. The molecule has 0 radical (unpaired) electrons. The molecule has 0 bridgehead atoms. The molecule has 0 aliphatic heterocycles. The molecule has 10 aromatic rings. The van der Waals surface area contributed by atoms with E-state index >= 15 is 0 Å². The Morgan fingerprint density at radius 3 is 1.77 bits per heavy atom. The molecular formula is C55H38N2. The Kier molecular flexibility index (Phi) is 7.55. The summed E-state index contributed by atoms with van der Waals surface area (Å²) in [6.07, 6.45) is 0. The van der Waals surface area contributed by atoms with Gasteiger partial charge in [-0.05, 0) is 95.0 Å². The van der Waals surface area contributed by atoms with Crippen LogP contribution in [0.25, 0.3) is 99.6 Å². The van der Waals surface area contributed by atoms with Gasteiger partial charge in [0.25, 0.3) is 0 Å². The highest BCUT2D eigenvalue weighted by atomic mass is 14.9. The fourth-order valence-electron chi connectivity index (χ4n) is 9.23. The molecule has 0 N–H and O–H groups in total. The Labute approximate surface area is 332 Å². The zero-order chi connectivity index (χ0) is 38.1. The first-order valence-electron chi connectivity index (χ1n) is 19.7. The molecule has 2 nitrogen and oxygen atoms in total. The first-order valence-corrected chi connectivity index (χ1v) is 19.7. The van der Waals surface area contributed by atoms with E-state index in [1.807, 2.05) is 6.07 Å². The summed E-state index contributed by atoms with van der Waals surface area (Å²) in [5.41, 5.74) is 15.0. The van der Waals surface area contributed by atoms with Gasteiger partial charge in [-0.2, -0.15) is 0 Å². The third-order valence-corrected chi connectivity index (χ3v) is 12.1. The largest absolute Gasteiger partial charge is 0.228 e.